The summed E-state index contributed by atoms with van der Waals surface area (Å²) in [6.07, 6.45) is 1.77. The van der Waals surface area contributed by atoms with Crippen LogP contribution in [0.4, 0.5) is 4.39 Å². The number of carbonyl (C=O) groups is 1. The van der Waals surface area contributed by atoms with Crippen LogP contribution in [0, 0.1) is 5.82 Å². The molecule has 1 amide bonds. The quantitative estimate of drug-likeness (QED) is 0.908. The Labute approximate surface area is 139 Å². The zero-order valence-corrected chi connectivity index (χ0v) is 13.4. The van der Waals surface area contributed by atoms with E-state index in [4.69, 9.17) is 0 Å². The molecule has 6 nitrogen and oxygen atoms in total. The Morgan fingerprint density at radius 1 is 1.12 bits per heavy atom. The van der Waals surface area contributed by atoms with Crippen molar-refractivity contribution in [3.63, 3.8) is 0 Å². The van der Waals surface area contributed by atoms with Gasteiger partial charge in [-0.1, -0.05) is 0 Å². The lowest BCUT2D eigenvalue weighted by Crippen LogP contribution is -2.38. The van der Waals surface area contributed by atoms with Crippen LogP contribution in [0.25, 0.3) is 0 Å². The van der Waals surface area contributed by atoms with Crippen LogP contribution < -0.4 is 5.32 Å². The number of halogens is 1. The van der Waals surface area contributed by atoms with E-state index in [0.717, 1.165) is 44.1 Å². The standard InChI is InChI=1S/C17H20FN5O/c18-14-3-1-13(2-4-14)17(24)22-8-5-12(6-9-22)16-21-20-15-11-19-7-10-23(15)16/h1-4,12,19H,5-11H2. The van der Waals surface area contributed by atoms with E-state index in [1.54, 1.807) is 12.1 Å². The van der Waals surface area contributed by atoms with Crippen LogP contribution >= 0.6 is 0 Å². The second-order valence-electron chi connectivity index (χ2n) is 6.38. The lowest BCUT2D eigenvalue weighted by molar-refractivity contribution is 0.0710. The molecule has 1 aromatic carbocycles. The first-order valence-electron chi connectivity index (χ1n) is 8.40. The average molecular weight is 329 g/mol. The first-order valence-corrected chi connectivity index (χ1v) is 8.40. The Balaban J connectivity index is 1.42. The summed E-state index contributed by atoms with van der Waals surface area (Å²) in [7, 11) is 0. The van der Waals surface area contributed by atoms with Gasteiger partial charge in [-0.2, -0.15) is 0 Å². The predicted molar refractivity (Wildman–Crippen MR) is 86.0 cm³/mol. The molecule has 1 fully saturated rings. The monoisotopic (exact) mass is 329 g/mol. The highest BCUT2D eigenvalue weighted by Gasteiger charge is 2.29. The van der Waals surface area contributed by atoms with Crippen LogP contribution in [0.5, 0.6) is 0 Å². The van der Waals surface area contributed by atoms with Gasteiger partial charge in [0.1, 0.15) is 17.5 Å². The Morgan fingerprint density at radius 3 is 2.62 bits per heavy atom. The van der Waals surface area contributed by atoms with Gasteiger partial charge in [0, 0.05) is 37.7 Å². The molecule has 0 spiro atoms. The van der Waals surface area contributed by atoms with E-state index >= 15 is 0 Å². The summed E-state index contributed by atoms with van der Waals surface area (Å²) in [5.41, 5.74) is 0.542. The van der Waals surface area contributed by atoms with Crippen molar-refractivity contribution in [2.45, 2.75) is 31.8 Å². The molecular weight excluding hydrogens is 309 g/mol. The summed E-state index contributed by atoms with van der Waals surface area (Å²) in [5, 5.41) is 12.0. The van der Waals surface area contributed by atoms with Crippen molar-refractivity contribution < 1.29 is 9.18 Å². The largest absolute Gasteiger partial charge is 0.339 e. The summed E-state index contributed by atoms with van der Waals surface area (Å²) in [5.74, 6) is 2.06. The molecule has 24 heavy (non-hydrogen) atoms. The van der Waals surface area contributed by atoms with Crippen LogP contribution in [0.3, 0.4) is 0 Å². The molecule has 2 aromatic rings. The number of nitrogens with one attached hydrogen (secondary N) is 1. The number of rotatable bonds is 2. The first-order chi connectivity index (χ1) is 11.7. The fourth-order valence-electron chi connectivity index (χ4n) is 3.53. The van der Waals surface area contributed by atoms with E-state index in [2.05, 4.69) is 20.1 Å². The minimum Gasteiger partial charge on any atom is -0.339 e. The van der Waals surface area contributed by atoms with Crippen molar-refractivity contribution >= 4 is 5.91 Å². The third-order valence-electron chi connectivity index (χ3n) is 4.89. The normalized spacial score (nSPS) is 18.5. The van der Waals surface area contributed by atoms with Gasteiger partial charge < -0.3 is 14.8 Å². The molecular formula is C17H20FN5O. The molecule has 3 heterocycles. The summed E-state index contributed by atoms with van der Waals surface area (Å²) >= 11 is 0. The minimum absolute atomic E-state index is 0.0269. The van der Waals surface area contributed by atoms with Crippen molar-refractivity contribution in [3.05, 3.63) is 47.3 Å². The Morgan fingerprint density at radius 2 is 1.88 bits per heavy atom. The molecule has 4 rings (SSSR count). The maximum absolute atomic E-state index is 13.0. The van der Waals surface area contributed by atoms with Crippen LogP contribution in [-0.4, -0.2) is 45.2 Å². The molecule has 0 radical (unpaired) electrons. The van der Waals surface area contributed by atoms with Gasteiger partial charge in [-0.25, -0.2) is 4.39 Å². The maximum atomic E-state index is 13.0. The molecule has 0 atom stereocenters. The van der Waals surface area contributed by atoms with Crippen LogP contribution in [0.1, 0.15) is 40.8 Å². The van der Waals surface area contributed by atoms with E-state index in [1.807, 2.05) is 4.90 Å². The molecule has 1 aromatic heterocycles. The number of aromatic nitrogens is 3. The van der Waals surface area contributed by atoms with Gasteiger partial charge in [0.15, 0.2) is 0 Å². The number of benzene rings is 1. The SMILES string of the molecule is O=C(c1ccc(F)cc1)N1CCC(c2nnc3n2CCNC3)CC1. The second kappa shape index (κ2) is 6.32. The Hall–Kier alpha value is -2.28. The fourth-order valence-corrected chi connectivity index (χ4v) is 3.53. The first kappa shape index (κ1) is 15.3. The van der Waals surface area contributed by atoms with Gasteiger partial charge in [0.2, 0.25) is 0 Å². The third kappa shape index (κ3) is 2.80. The molecule has 0 bridgehead atoms. The van der Waals surface area contributed by atoms with Gasteiger partial charge in [0.05, 0.1) is 6.54 Å². The molecule has 0 saturated carbocycles. The van der Waals surface area contributed by atoms with Gasteiger partial charge in [-0.15, -0.1) is 10.2 Å². The van der Waals surface area contributed by atoms with E-state index in [-0.39, 0.29) is 11.7 Å². The number of hydrogen-bond donors (Lipinski definition) is 1. The highest BCUT2D eigenvalue weighted by molar-refractivity contribution is 5.94. The number of likely N-dealkylation sites (tertiary alicyclic amines) is 1. The van der Waals surface area contributed by atoms with E-state index in [9.17, 15) is 9.18 Å². The highest BCUT2D eigenvalue weighted by Crippen LogP contribution is 2.28. The smallest absolute Gasteiger partial charge is 0.253 e. The van der Waals surface area contributed by atoms with Crippen molar-refractivity contribution in [1.82, 2.24) is 25.0 Å². The summed E-state index contributed by atoms with van der Waals surface area (Å²) in [6, 6.07) is 5.75. The van der Waals surface area contributed by atoms with Crippen molar-refractivity contribution in [3.8, 4) is 0 Å². The number of piperidine rings is 1. The molecule has 1 N–H and O–H groups in total. The number of carbonyl (C=O) groups excluding carboxylic acids is 1. The topological polar surface area (TPSA) is 63.1 Å². The summed E-state index contributed by atoms with van der Waals surface area (Å²) < 4.78 is 15.2. The van der Waals surface area contributed by atoms with Gasteiger partial charge in [0.25, 0.3) is 5.91 Å². The van der Waals surface area contributed by atoms with Crippen LogP contribution in [-0.2, 0) is 13.1 Å². The van der Waals surface area contributed by atoms with Crippen LogP contribution in [0.2, 0.25) is 0 Å². The van der Waals surface area contributed by atoms with E-state index in [0.29, 0.717) is 24.6 Å². The molecule has 0 aliphatic carbocycles. The molecule has 7 heteroatoms. The molecule has 2 aliphatic rings. The van der Waals surface area contributed by atoms with Gasteiger partial charge in [-0.05, 0) is 37.1 Å². The predicted octanol–water partition coefficient (Wildman–Crippen LogP) is 1.54. The number of nitrogens with zero attached hydrogens (tertiary/aromatic N) is 4. The van der Waals surface area contributed by atoms with Crippen molar-refractivity contribution in [2.24, 2.45) is 0 Å². The fraction of sp³-hybridized carbons (Fsp3) is 0.471. The van der Waals surface area contributed by atoms with E-state index in [1.165, 1.54) is 12.1 Å². The third-order valence-corrected chi connectivity index (χ3v) is 4.89. The minimum atomic E-state index is -0.323. The molecule has 0 unspecified atom stereocenters. The van der Waals surface area contributed by atoms with Crippen LogP contribution in [0.15, 0.2) is 24.3 Å². The number of hydrogen-bond acceptors (Lipinski definition) is 4. The summed E-state index contributed by atoms with van der Waals surface area (Å²) in [4.78, 5) is 14.3. The Bertz CT molecular complexity index is 734. The average Bonchev–Trinajstić information content (AvgIpc) is 3.06. The molecule has 1 saturated heterocycles. The number of fused-ring (bicyclic) bond motifs is 1. The zero-order chi connectivity index (χ0) is 16.5. The summed E-state index contributed by atoms with van der Waals surface area (Å²) in [6.45, 7) is 4.02. The Kier molecular flexibility index (Phi) is 4.02. The van der Waals surface area contributed by atoms with Crippen molar-refractivity contribution in [2.75, 3.05) is 19.6 Å². The lowest BCUT2D eigenvalue weighted by atomic mass is 9.95. The van der Waals surface area contributed by atoms with Crippen molar-refractivity contribution in [1.29, 1.82) is 0 Å². The number of amides is 1. The van der Waals surface area contributed by atoms with Gasteiger partial charge >= 0.3 is 0 Å². The molecule has 2 aliphatic heterocycles. The maximum Gasteiger partial charge on any atom is 0.253 e. The van der Waals surface area contributed by atoms with Gasteiger partial charge in [-0.3, -0.25) is 4.79 Å². The zero-order valence-electron chi connectivity index (χ0n) is 13.4. The highest BCUT2D eigenvalue weighted by atomic mass is 19.1. The van der Waals surface area contributed by atoms with E-state index < -0.39 is 0 Å². The lowest BCUT2D eigenvalue weighted by Gasteiger charge is -2.32. The second-order valence-corrected chi connectivity index (χ2v) is 6.38. The molecule has 126 valence electrons.